The Morgan fingerprint density at radius 1 is 0.969 bits per heavy atom. The van der Waals surface area contributed by atoms with Crippen LogP contribution in [0.4, 0.5) is 10.1 Å². The summed E-state index contributed by atoms with van der Waals surface area (Å²) in [5, 5.41) is 3.93. The van der Waals surface area contributed by atoms with Crippen molar-refractivity contribution < 1.29 is 18.7 Å². The van der Waals surface area contributed by atoms with Gasteiger partial charge in [-0.1, -0.05) is 12.1 Å². The third-order valence-electron chi connectivity index (χ3n) is 5.81. The summed E-state index contributed by atoms with van der Waals surface area (Å²) in [5.41, 5.74) is 5.34. The summed E-state index contributed by atoms with van der Waals surface area (Å²) in [6.07, 6.45) is 0. The van der Waals surface area contributed by atoms with Crippen LogP contribution in [-0.4, -0.2) is 24.7 Å². The van der Waals surface area contributed by atoms with Gasteiger partial charge in [0.15, 0.2) is 0 Å². The van der Waals surface area contributed by atoms with Crippen molar-refractivity contribution in [1.29, 1.82) is 0 Å². The van der Waals surface area contributed by atoms with Gasteiger partial charge in [-0.05, 0) is 67.4 Å². The van der Waals surface area contributed by atoms with E-state index in [-0.39, 0.29) is 11.7 Å². The molecular weight excluding hydrogens is 407 g/mol. The van der Waals surface area contributed by atoms with Gasteiger partial charge >= 0.3 is 0 Å². The lowest BCUT2D eigenvalue weighted by atomic mass is 10.1. The normalized spacial score (nSPS) is 10.9. The average molecular weight is 432 g/mol. The average Bonchev–Trinajstić information content (AvgIpc) is 3.04. The van der Waals surface area contributed by atoms with Gasteiger partial charge in [-0.3, -0.25) is 4.79 Å². The number of carbonyl (C=O) groups is 1. The van der Waals surface area contributed by atoms with E-state index in [4.69, 9.17) is 9.47 Å². The molecule has 0 saturated heterocycles. The Labute approximate surface area is 186 Å². The molecule has 1 aromatic heterocycles. The van der Waals surface area contributed by atoms with Gasteiger partial charge in [-0.25, -0.2) is 4.39 Å². The number of hydrogen-bond acceptors (Lipinski definition) is 3. The van der Waals surface area contributed by atoms with Gasteiger partial charge in [-0.2, -0.15) is 0 Å². The van der Waals surface area contributed by atoms with Crippen LogP contribution in [0.1, 0.15) is 27.2 Å². The number of anilines is 1. The summed E-state index contributed by atoms with van der Waals surface area (Å²) >= 11 is 0. The Balaban J connectivity index is 1.66. The standard InChI is InChI=1S/C26H25FN2O3/c1-16-17(2)29(15-18-5-8-20(27)9-6-18)24-11-7-19(13-22(16)24)26(30)28-23-14-21(31-3)10-12-25(23)32-4/h5-14H,15H2,1-4H3,(H,28,30). The quantitative estimate of drug-likeness (QED) is 0.424. The SMILES string of the molecule is COc1ccc(OC)c(NC(=O)c2ccc3c(c2)c(C)c(C)n3Cc2ccc(F)cc2)c1. The van der Waals surface area contributed by atoms with E-state index >= 15 is 0 Å². The van der Waals surface area contributed by atoms with E-state index in [1.165, 1.54) is 12.1 Å². The van der Waals surface area contributed by atoms with Gasteiger partial charge in [0.1, 0.15) is 17.3 Å². The molecule has 0 atom stereocenters. The van der Waals surface area contributed by atoms with E-state index in [9.17, 15) is 9.18 Å². The minimum atomic E-state index is -0.248. The van der Waals surface area contributed by atoms with E-state index in [2.05, 4.69) is 16.8 Å². The summed E-state index contributed by atoms with van der Waals surface area (Å²) < 4.78 is 26.1. The van der Waals surface area contributed by atoms with E-state index in [0.29, 0.717) is 29.3 Å². The predicted octanol–water partition coefficient (Wildman–Crippen LogP) is 5.72. The minimum absolute atomic E-state index is 0.234. The molecule has 6 heteroatoms. The Morgan fingerprint density at radius 3 is 2.41 bits per heavy atom. The summed E-state index contributed by atoms with van der Waals surface area (Å²) in [6, 6.07) is 17.4. The number of nitrogens with zero attached hydrogens (tertiary/aromatic N) is 1. The molecule has 164 valence electrons. The molecule has 1 amide bonds. The second-order valence-electron chi connectivity index (χ2n) is 7.68. The van der Waals surface area contributed by atoms with E-state index in [1.54, 1.807) is 44.6 Å². The number of carbonyl (C=O) groups excluding carboxylic acids is 1. The first-order valence-corrected chi connectivity index (χ1v) is 10.3. The zero-order valence-electron chi connectivity index (χ0n) is 18.5. The lowest BCUT2D eigenvalue weighted by molar-refractivity contribution is 0.102. The molecule has 5 nitrogen and oxygen atoms in total. The molecule has 0 aliphatic rings. The summed E-state index contributed by atoms with van der Waals surface area (Å²) in [7, 11) is 3.13. The highest BCUT2D eigenvalue weighted by molar-refractivity contribution is 6.07. The fourth-order valence-electron chi connectivity index (χ4n) is 3.87. The van der Waals surface area contributed by atoms with E-state index < -0.39 is 0 Å². The zero-order chi connectivity index (χ0) is 22.8. The van der Waals surface area contributed by atoms with Gasteiger partial charge in [-0.15, -0.1) is 0 Å². The first kappa shape index (κ1) is 21.4. The Hall–Kier alpha value is -3.80. The lowest BCUT2D eigenvalue weighted by Crippen LogP contribution is -2.12. The maximum absolute atomic E-state index is 13.3. The fourth-order valence-corrected chi connectivity index (χ4v) is 3.87. The monoisotopic (exact) mass is 432 g/mol. The van der Waals surface area contributed by atoms with Crippen LogP contribution in [0.2, 0.25) is 0 Å². The van der Waals surface area contributed by atoms with Crippen molar-refractivity contribution in [2.45, 2.75) is 20.4 Å². The molecule has 0 spiro atoms. The van der Waals surface area contributed by atoms with E-state index in [1.807, 2.05) is 25.1 Å². The molecule has 4 aromatic rings. The highest BCUT2D eigenvalue weighted by atomic mass is 19.1. The molecule has 4 rings (SSSR count). The van der Waals surface area contributed by atoms with Crippen molar-refractivity contribution >= 4 is 22.5 Å². The number of amides is 1. The molecule has 0 unspecified atom stereocenters. The van der Waals surface area contributed by atoms with Crippen LogP contribution >= 0.6 is 0 Å². The molecule has 0 aliphatic heterocycles. The van der Waals surface area contributed by atoms with Crippen molar-refractivity contribution in [2.24, 2.45) is 0 Å². The molecule has 0 saturated carbocycles. The third-order valence-corrected chi connectivity index (χ3v) is 5.81. The molecule has 32 heavy (non-hydrogen) atoms. The number of hydrogen-bond donors (Lipinski definition) is 1. The number of ether oxygens (including phenoxy) is 2. The topological polar surface area (TPSA) is 52.5 Å². The van der Waals surface area contributed by atoms with Gasteiger partial charge in [0.2, 0.25) is 0 Å². The van der Waals surface area contributed by atoms with Gasteiger partial charge in [0, 0.05) is 34.8 Å². The Morgan fingerprint density at radius 2 is 1.72 bits per heavy atom. The zero-order valence-corrected chi connectivity index (χ0v) is 18.5. The molecule has 0 fully saturated rings. The van der Waals surface area contributed by atoms with Crippen molar-refractivity contribution in [3.8, 4) is 11.5 Å². The van der Waals surface area contributed by atoms with Crippen molar-refractivity contribution in [1.82, 2.24) is 4.57 Å². The maximum Gasteiger partial charge on any atom is 0.255 e. The molecule has 0 radical (unpaired) electrons. The number of fused-ring (bicyclic) bond motifs is 1. The largest absolute Gasteiger partial charge is 0.497 e. The Bertz CT molecular complexity index is 1290. The summed E-state index contributed by atoms with van der Waals surface area (Å²) in [5.74, 6) is 0.697. The number of benzene rings is 3. The van der Waals surface area contributed by atoms with Crippen LogP contribution < -0.4 is 14.8 Å². The molecule has 0 bridgehead atoms. The second-order valence-corrected chi connectivity index (χ2v) is 7.68. The van der Waals surface area contributed by atoms with Crippen LogP contribution in [0.25, 0.3) is 10.9 Å². The van der Waals surface area contributed by atoms with E-state index in [0.717, 1.165) is 27.7 Å². The van der Waals surface area contributed by atoms with Crippen molar-refractivity contribution in [3.05, 3.63) is 88.9 Å². The third kappa shape index (κ3) is 4.04. The van der Waals surface area contributed by atoms with Crippen LogP contribution in [0.3, 0.4) is 0 Å². The number of aromatic nitrogens is 1. The maximum atomic E-state index is 13.3. The van der Waals surface area contributed by atoms with Gasteiger partial charge in [0.05, 0.1) is 19.9 Å². The first-order valence-electron chi connectivity index (χ1n) is 10.3. The second kappa shape index (κ2) is 8.75. The van der Waals surface area contributed by atoms with Crippen molar-refractivity contribution in [2.75, 3.05) is 19.5 Å². The highest BCUT2D eigenvalue weighted by Gasteiger charge is 2.16. The molecule has 3 aromatic carbocycles. The molecule has 1 heterocycles. The molecule has 0 aliphatic carbocycles. The highest BCUT2D eigenvalue weighted by Crippen LogP contribution is 2.31. The number of methoxy groups -OCH3 is 2. The van der Waals surface area contributed by atoms with Crippen LogP contribution in [0, 0.1) is 19.7 Å². The summed E-state index contributed by atoms with van der Waals surface area (Å²) in [6.45, 7) is 4.73. The number of halogens is 1. The predicted molar refractivity (Wildman–Crippen MR) is 124 cm³/mol. The van der Waals surface area contributed by atoms with Crippen LogP contribution in [0.5, 0.6) is 11.5 Å². The number of nitrogens with one attached hydrogen (secondary N) is 1. The Kier molecular flexibility index (Phi) is 5.86. The van der Waals surface area contributed by atoms with Crippen LogP contribution in [0.15, 0.2) is 60.7 Å². The lowest BCUT2D eigenvalue weighted by Gasteiger charge is -2.12. The number of aryl methyl sites for hydroxylation is 1. The van der Waals surface area contributed by atoms with Gasteiger partial charge in [0.25, 0.3) is 5.91 Å². The fraction of sp³-hybridized carbons (Fsp3) is 0.192. The van der Waals surface area contributed by atoms with Crippen molar-refractivity contribution in [3.63, 3.8) is 0 Å². The minimum Gasteiger partial charge on any atom is -0.497 e. The summed E-state index contributed by atoms with van der Waals surface area (Å²) in [4.78, 5) is 13.0. The van der Waals surface area contributed by atoms with Gasteiger partial charge < -0.3 is 19.4 Å². The number of rotatable bonds is 6. The smallest absolute Gasteiger partial charge is 0.255 e. The molecule has 1 N–H and O–H groups in total. The molecular formula is C26H25FN2O3. The van der Waals surface area contributed by atoms with Crippen LogP contribution in [-0.2, 0) is 6.54 Å². The first-order chi connectivity index (χ1) is 15.4.